The van der Waals surface area contributed by atoms with Crippen LogP contribution in [0.1, 0.15) is 54.2 Å². The molecular formula is C28H31NO5S. The van der Waals surface area contributed by atoms with Crippen LogP contribution in [0.2, 0.25) is 0 Å². The van der Waals surface area contributed by atoms with Crippen molar-refractivity contribution in [3.8, 4) is 11.6 Å². The number of nitrogens with zero attached hydrogens (tertiary/aromatic N) is 1. The number of ether oxygens (including phenoxy) is 2. The van der Waals surface area contributed by atoms with E-state index in [4.69, 9.17) is 14.6 Å². The van der Waals surface area contributed by atoms with E-state index in [1.807, 2.05) is 70.2 Å². The molecule has 1 heterocycles. The van der Waals surface area contributed by atoms with Crippen LogP contribution >= 0.6 is 11.8 Å². The molecule has 0 amide bonds. The molecule has 0 atom stereocenters. The Morgan fingerprint density at radius 1 is 1.09 bits per heavy atom. The van der Waals surface area contributed by atoms with Gasteiger partial charge in [-0.3, -0.25) is 9.59 Å². The lowest BCUT2D eigenvalue weighted by Crippen LogP contribution is -2.31. The molecule has 0 bridgehead atoms. The molecule has 1 N–H and O–H groups in total. The number of hydrogen-bond donors (Lipinski definition) is 1. The molecule has 184 valence electrons. The lowest BCUT2D eigenvalue weighted by atomic mass is 10.0. The van der Waals surface area contributed by atoms with Crippen molar-refractivity contribution < 1.29 is 24.2 Å². The second-order valence-electron chi connectivity index (χ2n) is 8.81. The van der Waals surface area contributed by atoms with Crippen molar-refractivity contribution in [2.45, 2.75) is 51.0 Å². The molecule has 0 fully saturated rings. The van der Waals surface area contributed by atoms with E-state index in [1.165, 1.54) is 11.8 Å². The molecule has 0 radical (unpaired) electrons. The Labute approximate surface area is 210 Å². The summed E-state index contributed by atoms with van der Waals surface area (Å²) in [6, 6.07) is 16.6. The van der Waals surface area contributed by atoms with Gasteiger partial charge in [0.15, 0.2) is 5.78 Å². The van der Waals surface area contributed by atoms with Crippen molar-refractivity contribution in [1.29, 1.82) is 0 Å². The van der Waals surface area contributed by atoms with E-state index in [1.54, 1.807) is 18.3 Å². The van der Waals surface area contributed by atoms with Gasteiger partial charge in [0.2, 0.25) is 5.88 Å². The third kappa shape index (κ3) is 7.59. The van der Waals surface area contributed by atoms with E-state index in [0.29, 0.717) is 35.8 Å². The molecule has 3 rings (SSSR count). The maximum absolute atomic E-state index is 13.2. The zero-order chi connectivity index (χ0) is 25.4. The minimum atomic E-state index is -0.843. The van der Waals surface area contributed by atoms with E-state index >= 15 is 0 Å². The van der Waals surface area contributed by atoms with E-state index in [2.05, 4.69) is 4.98 Å². The van der Waals surface area contributed by atoms with Crippen LogP contribution in [0.5, 0.6) is 11.6 Å². The molecule has 0 aliphatic rings. The standard InChI is InChI=1S/C28H31NO5S/c1-5-20-16-23(26(32)21-9-7-6-8-10-21)27(29-17-20)34-28(3,4)13-14-33-22-11-12-24(19(2)15-22)35-18-25(30)31/h6-12,15-17H,5,13-14,18H2,1-4H3,(H,30,31). The first-order chi connectivity index (χ1) is 16.7. The minimum absolute atomic E-state index is 0.0224. The molecule has 0 aliphatic carbocycles. The maximum atomic E-state index is 13.2. The number of carbonyl (C=O) groups excluding carboxylic acids is 1. The Balaban J connectivity index is 1.66. The number of hydrogen-bond acceptors (Lipinski definition) is 6. The van der Waals surface area contributed by atoms with Crippen LogP contribution in [0.4, 0.5) is 0 Å². The smallest absolute Gasteiger partial charge is 0.313 e. The van der Waals surface area contributed by atoms with Gasteiger partial charge in [0.25, 0.3) is 0 Å². The van der Waals surface area contributed by atoms with Crippen molar-refractivity contribution in [2.75, 3.05) is 12.4 Å². The Morgan fingerprint density at radius 3 is 2.49 bits per heavy atom. The van der Waals surface area contributed by atoms with Crippen molar-refractivity contribution >= 4 is 23.5 Å². The summed E-state index contributed by atoms with van der Waals surface area (Å²) in [5.41, 5.74) is 2.36. The SMILES string of the molecule is CCc1cnc(OC(C)(C)CCOc2ccc(SCC(=O)O)c(C)c2)c(C(=O)c2ccccc2)c1. The summed E-state index contributed by atoms with van der Waals surface area (Å²) in [6.07, 6.45) is 3.08. The zero-order valence-corrected chi connectivity index (χ0v) is 21.4. The predicted octanol–water partition coefficient (Wildman–Crippen LogP) is 5.99. The summed E-state index contributed by atoms with van der Waals surface area (Å²) in [6.45, 7) is 8.25. The van der Waals surface area contributed by atoms with Gasteiger partial charge in [-0.2, -0.15) is 0 Å². The highest BCUT2D eigenvalue weighted by Crippen LogP contribution is 2.28. The quantitative estimate of drug-likeness (QED) is 0.245. The number of carboxylic acids is 1. The number of aromatic nitrogens is 1. The highest BCUT2D eigenvalue weighted by molar-refractivity contribution is 8.00. The predicted molar refractivity (Wildman–Crippen MR) is 138 cm³/mol. The van der Waals surface area contributed by atoms with Crippen molar-refractivity contribution in [1.82, 2.24) is 4.98 Å². The maximum Gasteiger partial charge on any atom is 0.313 e. The first kappa shape index (κ1) is 26.3. The van der Waals surface area contributed by atoms with Gasteiger partial charge in [-0.15, -0.1) is 11.8 Å². The molecule has 0 spiro atoms. The molecule has 7 heteroatoms. The van der Waals surface area contributed by atoms with Crippen LogP contribution < -0.4 is 9.47 Å². The van der Waals surface area contributed by atoms with Crippen LogP contribution in [-0.4, -0.2) is 39.8 Å². The second-order valence-corrected chi connectivity index (χ2v) is 9.83. The van der Waals surface area contributed by atoms with Crippen LogP contribution in [0.25, 0.3) is 0 Å². The van der Waals surface area contributed by atoms with E-state index in [9.17, 15) is 9.59 Å². The van der Waals surface area contributed by atoms with Gasteiger partial charge in [-0.1, -0.05) is 37.3 Å². The fraction of sp³-hybridized carbons (Fsp3) is 0.321. The number of aryl methyl sites for hydroxylation is 2. The van der Waals surface area contributed by atoms with Crippen molar-refractivity contribution in [3.63, 3.8) is 0 Å². The number of carboxylic acid groups (broad SMARTS) is 1. The molecule has 2 aromatic carbocycles. The van der Waals surface area contributed by atoms with Crippen molar-refractivity contribution in [2.24, 2.45) is 0 Å². The summed E-state index contributed by atoms with van der Waals surface area (Å²) in [5.74, 6) is 0.0884. The van der Waals surface area contributed by atoms with E-state index in [0.717, 1.165) is 22.4 Å². The molecule has 35 heavy (non-hydrogen) atoms. The number of rotatable bonds is 12. The topological polar surface area (TPSA) is 85.7 Å². The lowest BCUT2D eigenvalue weighted by molar-refractivity contribution is -0.133. The van der Waals surface area contributed by atoms with Gasteiger partial charge in [-0.05, 0) is 62.6 Å². The highest BCUT2D eigenvalue weighted by Gasteiger charge is 2.25. The highest BCUT2D eigenvalue weighted by atomic mass is 32.2. The van der Waals surface area contributed by atoms with Gasteiger partial charge < -0.3 is 14.6 Å². The normalized spacial score (nSPS) is 11.2. The molecular weight excluding hydrogens is 462 g/mol. The summed E-state index contributed by atoms with van der Waals surface area (Å²) >= 11 is 1.29. The van der Waals surface area contributed by atoms with Crippen LogP contribution in [-0.2, 0) is 11.2 Å². The van der Waals surface area contributed by atoms with E-state index < -0.39 is 11.6 Å². The number of carbonyl (C=O) groups is 2. The average molecular weight is 494 g/mol. The van der Waals surface area contributed by atoms with Crippen LogP contribution in [0.15, 0.2) is 65.7 Å². The zero-order valence-electron chi connectivity index (χ0n) is 20.5. The van der Waals surface area contributed by atoms with Gasteiger partial charge in [-0.25, -0.2) is 4.98 Å². The third-order valence-corrected chi connectivity index (χ3v) is 6.60. The van der Waals surface area contributed by atoms with Gasteiger partial charge in [0, 0.05) is 23.1 Å². The largest absolute Gasteiger partial charge is 0.493 e. The summed E-state index contributed by atoms with van der Waals surface area (Å²) < 4.78 is 12.2. The fourth-order valence-corrected chi connectivity index (χ4v) is 4.15. The van der Waals surface area contributed by atoms with Gasteiger partial charge in [0.05, 0.1) is 17.9 Å². The monoisotopic (exact) mass is 493 g/mol. The Kier molecular flexibility index (Phi) is 8.93. The molecule has 3 aromatic rings. The van der Waals surface area contributed by atoms with Gasteiger partial charge >= 0.3 is 5.97 Å². The Hall–Kier alpha value is -3.32. The fourth-order valence-electron chi connectivity index (χ4n) is 3.42. The number of aliphatic carboxylic acids is 1. The summed E-state index contributed by atoms with van der Waals surface area (Å²) in [4.78, 5) is 29.4. The van der Waals surface area contributed by atoms with Gasteiger partial charge in [0.1, 0.15) is 11.4 Å². The Bertz CT molecular complexity index is 1180. The molecule has 1 aromatic heterocycles. The van der Waals surface area contributed by atoms with E-state index in [-0.39, 0.29) is 11.5 Å². The summed E-state index contributed by atoms with van der Waals surface area (Å²) in [5, 5.41) is 8.87. The van der Waals surface area contributed by atoms with Crippen LogP contribution in [0.3, 0.4) is 0 Å². The first-order valence-electron chi connectivity index (χ1n) is 11.5. The first-order valence-corrected chi connectivity index (χ1v) is 12.5. The number of pyridine rings is 1. The molecule has 0 unspecified atom stereocenters. The molecule has 0 saturated carbocycles. The number of benzene rings is 2. The molecule has 6 nitrogen and oxygen atoms in total. The lowest BCUT2D eigenvalue weighted by Gasteiger charge is -2.27. The Morgan fingerprint density at radius 2 is 1.83 bits per heavy atom. The molecule has 0 aliphatic heterocycles. The van der Waals surface area contributed by atoms with Crippen LogP contribution in [0, 0.1) is 6.92 Å². The minimum Gasteiger partial charge on any atom is -0.493 e. The second kappa shape index (κ2) is 11.9. The van der Waals surface area contributed by atoms with Crippen molar-refractivity contribution in [3.05, 3.63) is 83.0 Å². The number of thioether (sulfide) groups is 1. The number of ketones is 1. The average Bonchev–Trinajstić information content (AvgIpc) is 2.83. The summed E-state index contributed by atoms with van der Waals surface area (Å²) in [7, 11) is 0. The molecule has 0 saturated heterocycles. The third-order valence-electron chi connectivity index (χ3n) is 5.44.